The number of anilines is 4. The van der Waals surface area contributed by atoms with Crippen LogP contribution in [0.25, 0.3) is 0 Å². The molecule has 4 amide bonds. The Bertz CT molecular complexity index is 2210. The predicted molar refractivity (Wildman–Crippen MR) is 224 cm³/mol. The van der Waals surface area contributed by atoms with Crippen molar-refractivity contribution in [1.82, 2.24) is 15.2 Å². The van der Waals surface area contributed by atoms with Gasteiger partial charge in [-0.2, -0.15) is 18.4 Å². The maximum absolute atomic E-state index is 13.8. The molecule has 318 valence electrons. The summed E-state index contributed by atoms with van der Waals surface area (Å²) in [6, 6.07) is 13.4. The molecule has 3 atom stereocenters. The second-order valence-electron chi connectivity index (χ2n) is 16.5. The van der Waals surface area contributed by atoms with Gasteiger partial charge in [0, 0.05) is 35.4 Å². The van der Waals surface area contributed by atoms with Gasteiger partial charge in [-0.05, 0) is 120 Å². The van der Waals surface area contributed by atoms with Gasteiger partial charge in [-0.1, -0.05) is 19.9 Å². The molecule has 3 unspecified atom stereocenters. The number of ether oxygens (including phenoxy) is 1. The molecular weight excluding hydrogens is 798 g/mol. The molecule has 6 rings (SSSR count). The van der Waals surface area contributed by atoms with E-state index < -0.39 is 34.8 Å². The lowest BCUT2D eigenvalue weighted by atomic mass is 9.85. The van der Waals surface area contributed by atoms with Gasteiger partial charge in [0.05, 0.1) is 47.9 Å². The maximum atomic E-state index is 13.8. The van der Waals surface area contributed by atoms with E-state index in [0.29, 0.717) is 41.9 Å². The number of imide groups is 1. The standard InChI is InChI=1S/C43H49F3N8O5S/c1-24(2)33-19-32(54-41(60)53(40(58)42(54,5)6)31-11-10-28(21-47)34(20-31)43(44,45)46)22-48-39(33)59-15-14-27-16-25(3)52(26(4)17-27)23-37(56)50-30-9-7-8-29(18-30)49-35-12-13-36(55)51-38(35)57/h7-11,18-20,22,24-27,35,49H,12-17,23H2,1-6H3,(H,50,56)(H,51,55,57). The Morgan fingerprint density at radius 2 is 1.77 bits per heavy atom. The van der Waals surface area contributed by atoms with Crippen molar-refractivity contribution in [3.63, 3.8) is 0 Å². The lowest BCUT2D eigenvalue weighted by Gasteiger charge is -2.42. The van der Waals surface area contributed by atoms with Crippen LogP contribution in [0.4, 0.5) is 35.9 Å². The molecule has 4 heterocycles. The highest BCUT2D eigenvalue weighted by Gasteiger charge is 2.51. The molecule has 13 nitrogen and oxygen atoms in total. The summed E-state index contributed by atoms with van der Waals surface area (Å²) in [5.41, 5.74) is -0.556. The monoisotopic (exact) mass is 846 g/mol. The molecule has 0 radical (unpaired) electrons. The van der Waals surface area contributed by atoms with Gasteiger partial charge in [-0.15, -0.1) is 0 Å². The number of carbonyl (C=O) groups excluding carboxylic acids is 4. The molecule has 3 aliphatic rings. The summed E-state index contributed by atoms with van der Waals surface area (Å²) in [5.74, 6) is -0.592. The molecule has 60 heavy (non-hydrogen) atoms. The number of hydrogen-bond donors (Lipinski definition) is 3. The average Bonchev–Trinajstić information content (AvgIpc) is 3.35. The minimum absolute atomic E-state index is 0.0198. The highest BCUT2D eigenvalue weighted by atomic mass is 32.1. The van der Waals surface area contributed by atoms with Crippen LogP contribution < -0.4 is 30.5 Å². The number of aromatic nitrogens is 1. The minimum Gasteiger partial charge on any atom is -0.477 e. The number of halogens is 3. The van der Waals surface area contributed by atoms with Crippen molar-refractivity contribution >= 4 is 63.7 Å². The number of carbonyl (C=O) groups is 4. The Morgan fingerprint density at radius 3 is 2.42 bits per heavy atom. The molecule has 3 saturated heterocycles. The van der Waals surface area contributed by atoms with Crippen LogP contribution in [0.15, 0.2) is 54.7 Å². The SMILES string of the molecule is CC(C)c1cc(N2C(=S)N(c3ccc(C#N)c(C(F)(F)F)c3)C(=O)C2(C)C)cnc1OCCC1CC(C)N(CC(=O)Nc2cccc(NC3CCC(=O)NC3=O)c2)C(C)C1. The number of pyridine rings is 1. The van der Waals surface area contributed by atoms with Gasteiger partial charge in [0.1, 0.15) is 11.6 Å². The third-order valence-corrected chi connectivity index (χ3v) is 11.8. The second kappa shape index (κ2) is 17.6. The van der Waals surface area contributed by atoms with E-state index >= 15 is 0 Å². The van der Waals surface area contributed by atoms with Gasteiger partial charge in [0.15, 0.2) is 5.11 Å². The van der Waals surface area contributed by atoms with E-state index in [1.807, 2.05) is 19.9 Å². The fourth-order valence-corrected chi connectivity index (χ4v) is 8.82. The van der Waals surface area contributed by atoms with Gasteiger partial charge < -0.3 is 20.3 Å². The summed E-state index contributed by atoms with van der Waals surface area (Å²) in [7, 11) is 0. The predicted octanol–water partition coefficient (Wildman–Crippen LogP) is 7.13. The molecule has 3 fully saturated rings. The third-order valence-electron chi connectivity index (χ3n) is 11.4. The van der Waals surface area contributed by atoms with Crippen LogP contribution >= 0.6 is 12.2 Å². The van der Waals surface area contributed by atoms with E-state index in [-0.39, 0.29) is 59.5 Å². The van der Waals surface area contributed by atoms with Crippen molar-refractivity contribution in [2.24, 2.45) is 5.92 Å². The van der Waals surface area contributed by atoms with Crippen LogP contribution in [0, 0.1) is 17.2 Å². The number of benzene rings is 2. The van der Waals surface area contributed by atoms with Crippen LogP contribution in [0.5, 0.6) is 5.88 Å². The number of alkyl halides is 3. The minimum atomic E-state index is -4.81. The zero-order valence-electron chi connectivity index (χ0n) is 34.4. The number of thiocarbonyl (C=S) groups is 1. The number of hydrogen-bond acceptors (Lipinski definition) is 10. The van der Waals surface area contributed by atoms with Crippen LogP contribution in [-0.2, 0) is 25.4 Å². The van der Waals surface area contributed by atoms with Crippen LogP contribution in [0.3, 0.4) is 0 Å². The van der Waals surface area contributed by atoms with Crippen LogP contribution in [-0.4, -0.2) is 75.4 Å². The number of rotatable bonds is 12. The van der Waals surface area contributed by atoms with Crippen molar-refractivity contribution in [3.8, 4) is 11.9 Å². The van der Waals surface area contributed by atoms with Gasteiger partial charge >= 0.3 is 6.18 Å². The van der Waals surface area contributed by atoms with E-state index in [9.17, 15) is 37.6 Å². The maximum Gasteiger partial charge on any atom is 0.417 e. The van der Waals surface area contributed by atoms with Crippen LogP contribution in [0.2, 0.25) is 0 Å². The molecule has 0 saturated carbocycles. The van der Waals surface area contributed by atoms with Crippen molar-refractivity contribution in [2.75, 3.05) is 33.6 Å². The Labute approximate surface area is 352 Å². The van der Waals surface area contributed by atoms with Crippen LogP contribution in [0.1, 0.15) is 96.3 Å². The number of piperidine rings is 2. The van der Waals surface area contributed by atoms with E-state index in [0.717, 1.165) is 41.9 Å². The molecular formula is C43H49F3N8O5S. The van der Waals surface area contributed by atoms with Gasteiger partial charge in [-0.25, -0.2) is 4.98 Å². The zero-order valence-corrected chi connectivity index (χ0v) is 35.2. The van der Waals surface area contributed by atoms with E-state index in [1.54, 1.807) is 55.3 Å². The summed E-state index contributed by atoms with van der Waals surface area (Å²) in [5, 5.41) is 17.7. The molecule has 1 aromatic heterocycles. The lowest BCUT2D eigenvalue weighted by molar-refractivity contribution is -0.138. The van der Waals surface area contributed by atoms with Gasteiger partial charge in [0.25, 0.3) is 5.91 Å². The van der Waals surface area contributed by atoms with E-state index in [2.05, 4.69) is 39.7 Å². The average molecular weight is 847 g/mol. The largest absolute Gasteiger partial charge is 0.477 e. The van der Waals surface area contributed by atoms with Gasteiger partial charge in [0.2, 0.25) is 23.6 Å². The molecule has 3 aliphatic heterocycles. The zero-order chi connectivity index (χ0) is 43.7. The number of nitrogens with zero attached hydrogens (tertiary/aromatic N) is 5. The van der Waals surface area contributed by atoms with Crippen molar-refractivity contribution in [1.29, 1.82) is 5.26 Å². The smallest absolute Gasteiger partial charge is 0.417 e. The Balaban J connectivity index is 1.05. The summed E-state index contributed by atoms with van der Waals surface area (Å²) in [6.45, 7) is 12.1. The first-order chi connectivity index (χ1) is 28.3. The highest BCUT2D eigenvalue weighted by Crippen LogP contribution is 2.41. The highest BCUT2D eigenvalue weighted by molar-refractivity contribution is 7.81. The lowest BCUT2D eigenvalue weighted by Crippen LogP contribution is -2.49. The number of amides is 4. The molecule has 2 aromatic carbocycles. The summed E-state index contributed by atoms with van der Waals surface area (Å²) >= 11 is 5.73. The number of likely N-dealkylation sites (tertiary alicyclic amines) is 1. The van der Waals surface area contributed by atoms with E-state index in [4.69, 9.17) is 17.0 Å². The third kappa shape index (κ3) is 9.39. The Morgan fingerprint density at radius 1 is 1.07 bits per heavy atom. The summed E-state index contributed by atoms with van der Waals surface area (Å²) in [4.78, 5) is 60.1. The van der Waals surface area contributed by atoms with Crippen molar-refractivity contribution in [2.45, 2.75) is 109 Å². The first-order valence-electron chi connectivity index (χ1n) is 20.0. The normalized spacial score (nSPS) is 22.1. The molecule has 3 aromatic rings. The Hall–Kier alpha value is -5.60. The second-order valence-corrected chi connectivity index (χ2v) is 16.9. The number of nitrogens with one attached hydrogen (secondary N) is 3. The molecule has 3 N–H and O–H groups in total. The molecule has 0 aliphatic carbocycles. The summed E-state index contributed by atoms with van der Waals surface area (Å²) < 4.78 is 47.7. The van der Waals surface area contributed by atoms with E-state index in [1.165, 1.54) is 6.07 Å². The summed E-state index contributed by atoms with van der Waals surface area (Å²) in [6.07, 6.45) is -0.110. The Kier molecular flexibility index (Phi) is 12.9. The van der Waals surface area contributed by atoms with Crippen molar-refractivity contribution in [3.05, 3.63) is 71.4 Å². The first-order valence-corrected chi connectivity index (χ1v) is 20.4. The quantitative estimate of drug-likeness (QED) is 0.126. The topological polar surface area (TPSA) is 160 Å². The molecule has 0 bridgehead atoms. The number of nitriles is 1. The molecule has 0 spiro atoms. The van der Waals surface area contributed by atoms with Gasteiger partial charge in [-0.3, -0.25) is 34.3 Å². The first kappa shape index (κ1) is 44.0. The molecule has 17 heteroatoms. The fourth-order valence-electron chi connectivity index (χ4n) is 8.30. The fraction of sp³-hybridized carbons (Fsp3) is 0.465. The van der Waals surface area contributed by atoms with Crippen molar-refractivity contribution < 1.29 is 37.1 Å².